The van der Waals surface area contributed by atoms with Crippen LogP contribution >= 0.6 is 0 Å². The summed E-state index contributed by atoms with van der Waals surface area (Å²) in [5.74, 6) is 5.97. The van der Waals surface area contributed by atoms with Gasteiger partial charge < -0.3 is 0 Å². The summed E-state index contributed by atoms with van der Waals surface area (Å²) in [4.78, 5) is 4.39. The van der Waals surface area contributed by atoms with E-state index in [2.05, 4.69) is 4.98 Å². The normalized spacial score (nSPS) is 17.9. The minimum absolute atomic E-state index is 0.0533. The van der Waals surface area contributed by atoms with Gasteiger partial charge in [0.25, 0.3) is 0 Å². The zero-order valence-corrected chi connectivity index (χ0v) is 13.0. The van der Waals surface area contributed by atoms with Crippen molar-refractivity contribution >= 4 is 17.7 Å². The van der Waals surface area contributed by atoms with E-state index in [4.69, 9.17) is 8.22 Å². The summed E-state index contributed by atoms with van der Waals surface area (Å²) in [6.07, 6.45) is 0. The molecule has 94 valence electrons. The molecule has 2 heteroatoms. The van der Waals surface area contributed by atoms with Crippen LogP contribution in [0.4, 0.5) is 0 Å². The average Bonchev–Trinajstić information content (AvgIpc) is 2.44. The van der Waals surface area contributed by atoms with Crippen molar-refractivity contribution in [1.29, 1.82) is 0 Å². The maximum absolute atomic E-state index is 7.91. The van der Waals surface area contributed by atoms with Crippen LogP contribution in [-0.2, 0) is 0 Å². The van der Waals surface area contributed by atoms with Gasteiger partial charge >= 0.3 is 121 Å². The molecule has 0 amide bonds. The second kappa shape index (κ2) is 4.89. The summed E-state index contributed by atoms with van der Waals surface area (Å²) < 4.78 is 47.8. The Morgan fingerprint density at radius 1 is 1.06 bits per heavy atom. The Bertz CT molecular complexity index is 694. The van der Waals surface area contributed by atoms with Crippen molar-refractivity contribution in [1.82, 2.24) is 4.98 Å². The number of pyridine rings is 1. The van der Waals surface area contributed by atoms with E-state index >= 15 is 0 Å². The molecule has 0 spiro atoms. The van der Waals surface area contributed by atoms with Crippen LogP contribution in [0.1, 0.15) is 19.5 Å². The fourth-order valence-corrected chi connectivity index (χ4v) is 5.52. The number of benzene rings is 1. The van der Waals surface area contributed by atoms with Gasteiger partial charge in [0.05, 0.1) is 0 Å². The van der Waals surface area contributed by atoms with Crippen molar-refractivity contribution in [2.75, 3.05) is 0 Å². The fourth-order valence-electron chi connectivity index (χ4n) is 2.06. The second-order valence-corrected chi connectivity index (χ2v) is 15.9. The number of rotatable bonds is 2. The van der Waals surface area contributed by atoms with Crippen LogP contribution in [0.25, 0.3) is 11.3 Å². The predicted octanol–water partition coefficient (Wildman–Crippen LogP) is 3.91. The molecule has 0 saturated carbocycles. The van der Waals surface area contributed by atoms with Crippen molar-refractivity contribution in [2.24, 2.45) is 0 Å². The summed E-state index contributed by atoms with van der Waals surface area (Å²) in [7, 11) is 0. The first-order chi connectivity index (χ1) is 10.8. The van der Waals surface area contributed by atoms with Gasteiger partial charge in [-0.2, -0.15) is 0 Å². The quantitative estimate of drug-likeness (QED) is 0.767. The Labute approximate surface area is 121 Å². The van der Waals surface area contributed by atoms with Crippen molar-refractivity contribution in [2.45, 2.75) is 31.0 Å². The Balaban J connectivity index is 2.90. The Morgan fingerprint density at radius 3 is 2.33 bits per heavy atom. The topological polar surface area (TPSA) is 12.9 Å². The standard InChI is InChI=1S/C16H21GeN/c1-12-11-15(14-9-7-6-8-10-14)18-13(2)16(12)17(3,4)5/h6-11H,1-5H3/i1D3,2D3. The fraction of sp³-hybridized carbons (Fsp3) is 0.312. The van der Waals surface area contributed by atoms with E-state index in [0.717, 1.165) is 0 Å². The molecule has 0 radical (unpaired) electrons. The summed E-state index contributed by atoms with van der Waals surface area (Å²) in [6.45, 7) is -4.82. The zero-order chi connectivity index (χ0) is 18.3. The van der Waals surface area contributed by atoms with E-state index in [-0.39, 0.29) is 11.3 Å². The number of hydrogen-bond acceptors (Lipinski definition) is 1. The molecule has 0 unspecified atom stereocenters. The third-order valence-corrected chi connectivity index (χ3v) is 7.05. The maximum atomic E-state index is 7.91. The SMILES string of the molecule is [2H]C([2H])([2H])c1cc(-c2ccccc2)nc(C([2H])([2H])[2H])[c]1[Ge]([CH3])([CH3])[CH3]. The Kier molecular flexibility index (Phi) is 2.03. The van der Waals surface area contributed by atoms with Crippen molar-refractivity contribution in [3.05, 3.63) is 47.7 Å². The summed E-state index contributed by atoms with van der Waals surface area (Å²) in [6, 6.07) is 10.6. The number of hydrogen-bond donors (Lipinski definition) is 0. The molecule has 2 aromatic rings. The molecule has 0 fully saturated rings. The Hall–Kier alpha value is -1.09. The summed E-state index contributed by atoms with van der Waals surface area (Å²) in [5, 5.41) is 0. The summed E-state index contributed by atoms with van der Waals surface area (Å²) >= 11 is -2.81. The van der Waals surface area contributed by atoms with Gasteiger partial charge in [-0.3, -0.25) is 0 Å². The van der Waals surface area contributed by atoms with Crippen LogP contribution in [0.3, 0.4) is 0 Å². The third-order valence-electron chi connectivity index (χ3n) is 2.84. The van der Waals surface area contributed by atoms with Crippen LogP contribution in [0.5, 0.6) is 0 Å². The number of aromatic nitrogens is 1. The number of nitrogens with zero attached hydrogens (tertiary/aromatic N) is 1. The molecule has 0 N–H and O–H groups in total. The molecular formula is C16H21GeN. The molecule has 0 atom stereocenters. The molecule has 1 aromatic carbocycles. The van der Waals surface area contributed by atoms with Gasteiger partial charge in [0.15, 0.2) is 0 Å². The molecule has 0 aliphatic rings. The molecule has 2 rings (SSSR count). The molecule has 0 bridgehead atoms. The second-order valence-electron chi connectivity index (χ2n) is 5.39. The predicted molar refractivity (Wildman–Crippen MR) is 82.1 cm³/mol. The first-order valence-electron chi connectivity index (χ1n) is 8.94. The van der Waals surface area contributed by atoms with Gasteiger partial charge in [-0.1, -0.05) is 0 Å². The van der Waals surface area contributed by atoms with Crippen LogP contribution in [0.2, 0.25) is 17.3 Å². The number of aryl methyl sites for hydroxylation is 2. The van der Waals surface area contributed by atoms with E-state index < -0.39 is 27.0 Å². The van der Waals surface area contributed by atoms with Crippen molar-refractivity contribution in [3.8, 4) is 11.3 Å². The molecular weight excluding hydrogens is 279 g/mol. The van der Waals surface area contributed by atoms with Gasteiger partial charge in [0.1, 0.15) is 0 Å². The van der Waals surface area contributed by atoms with Crippen LogP contribution in [0.15, 0.2) is 36.4 Å². The van der Waals surface area contributed by atoms with Gasteiger partial charge in [-0.15, -0.1) is 0 Å². The first kappa shape index (κ1) is 7.49. The van der Waals surface area contributed by atoms with E-state index in [1.807, 2.05) is 35.5 Å². The average molecular weight is 306 g/mol. The third kappa shape index (κ3) is 2.66. The van der Waals surface area contributed by atoms with Crippen LogP contribution in [-0.4, -0.2) is 18.3 Å². The van der Waals surface area contributed by atoms with Crippen LogP contribution in [0, 0.1) is 13.7 Å². The van der Waals surface area contributed by atoms with E-state index in [9.17, 15) is 0 Å². The van der Waals surface area contributed by atoms with Gasteiger partial charge in [0, 0.05) is 0 Å². The monoisotopic (exact) mass is 307 g/mol. The molecule has 18 heavy (non-hydrogen) atoms. The zero-order valence-electron chi connectivity index (χ0n) is 16.9. The molecule has 1 nitrogen and oxygen atoms in total. The molecule has 0 aliphatic heterocycles. The molecule has 0 saturated heterocycles. The minimum atomic E-state index is -2.81. The van der Waals surface area contributed by atoms with E-state index in [1.54, 1.807) is 18.2 Å². The van der Waals surface area contributed by atoms with E-state index in [1.165, 1.54) is 0 Å². The van der Waals surface area contributed by atoms with Gasteiger partial charge in [0.2, 0.25) is 0 Å². The van der Waals surface area contributed by atoms with Gasteiger partial charge in [-0.05, 0) is 0 Å². The van der Waals surface area contributed by atoms with Crippen molar-refractivity contribution < 1.29 is 8.22 Å². The molecule has 1 aromatic heterocycles. The Morgan fingerprint density at radius 2 is 1.78 bits per heavy atom. The first-order valence-corrected chi connectivity index (χ1v) is 13.3. The van der Waals surface area contributed by atoms with E-state index in [0.29, 0.717) is 15.7 Å². The molecule has 1 heterocycles. The molecule has 0 aliphatic carbocycles. The van der Waals surface area contributed by atoms with Crippen molar-refractivity contribution in [3.63, 3.8) is 0 Å². The van der Waals surface area contributed by atoms with Gasteiger partial charge in [-0.25, -0.2) is 0 Å². The van der Waals surface area contributed by atoms with Crippen LogP contribution < -0.4 is 4.40 Å². The summed E-state index contributed by atoms with van der Waals surface area (Å²) in [5.41, 5.74) is 1.18.